The zero-order chi connectivity index (χ0) is 25.1. The molecule has 1 amide bonds. The number of piperidine rings is 1. The van der Waals surface area contributed by atoms with E-state index in [2.05, 4.69) is 15.2 Å². The molecular formula is C29H34N3O3P. The third-order valence-electron chi connectivity index (χ3n) is 6.34. The first kappa shape index (κ1) is 26.0. The van der Waals surface area contributed by atoms with Gasteiger partial charge in [-0.05, 0) is 74.2 Å². The molecule has 2 heterocycles. The van der Waals surface area contributed by atoms with Crippen molar-refractivity contribution >= 4 is 30.0 Å². The molecule has 0 unspecified atom stereocenters. The maximum absolute atomic E-state index is 14.1. The molecule has 0 aliphatic carbocycles. The second kappa shape index (κ2) is 13.3. The fourth-order valence-electron chi connectivity index (χ4n) is 4.34. The minimum atomic E-state index is -3.15. The number of amides is 1. The number of hydrogen-bond donors (Lipinski definition) is 1. The van der Waals surface area contributed by atoms with Crippen LogP contribution in [-0.2, 0) is 13.9 Å². The lowest BCUT2D eigenvalue weighted by Crippen LogP contribution is -2.38. The van der Waals surface area contributed by atoms with E-state index in [0.717, 1.165) is 61.5 Å². The van der Waals surface area contributed by atoms with Crippen LogP contribution in [0.3, 0.4) is 0 Å². The lowest BCUT2D eigenvalue weighted by molar-refractivity contribution is -0.116. The van der Waals surface area contributed by atoms with Crippen molar-refractivity contribution in [1.82, 2.24) is 15.2 Å². The molecule has 0 spiro atoms. The first-order valence-electron chi connectivity index (χ1n) is 12.6. The first-order chi connectivity index (χ1) is 17.6. The molecule has 1 saturated heterocycles. The van der Waals surface area contributed by atoms with E-state index in [4.69, 9.17) is 4.52 Å². The Morgan fingerprint density at radius 3 is 2.25 bits per heavy atom. The molecule has 0 atom stereocenters. The van der Waals surface area contributed by atoms with E-state index >= 15 is 0 Å². The smallest absolute Gasteiger partial charge is 0.261 e. The van der Waals surface area contributed by atoms with E-state index in [0.29, 0.717) is 6.54 Å². The Labute approximate surface area is 213 Å². The Kier molecular flexibility index (Phi) is 9.62. The van der Waals surface area contributed by atoms with Gasteiger partial charge < -0.3 is 14.7 Å². The molecule has 1 aliphatic heterocycles. The first-order valence-corrected chi connectivity index (χ1v) is 14.2. The molecule has 7 heteroatoms. The Morgan fingerprint density at radius 2 is 1.64 bits per heavy atom. The minimum absolute atomic E-state index is 0.0293. The quantitative estimate of drug-likeness (QED) is 0.239. The summed E-state index contributed by atoms with van der Waals surface area (Å²) in [5.41, 5.74) is 0.906. The number of rotatable bonds is 11. The Bertz CT molecular complexity index is 1100. The van der Waals surface area contributed by atoms with Crippen molar-refractivity contribution in [3.05, 3.63) is 96.8 Å². The number of carbonyl (C=O) groups excluding carboxylic acids is 1. The Morgan fingerprint density at radius 1 is 0.972 bits per heavy atom. The summed E-state index contributed by atoms with van der Waals surface area (Å²) in [6.45, 7) is 3.50. The number of hydrogen-bond acceptors (Lipinski definition) is 5. The van der Waals surface area contributed by atoms with Crippen LogP contribution in [0.2, 0.25) is 0 Å². The molecule has 6 nitrogen and oxygen atoms in total. The van der Waals surface area contributed by atoms with Gasteiger partial charge in [0.05, 0.1) is 6.10 Å². The molecule has 4 rings (SSSR count). The van der Waals surface area contributed by atoms with E-state index in [1.54, 1.807) is 24.5 Å². The van der Waals surface area contributed by atoms with Gasteiger partial charge in [0.1, 0.15) is 0 Å². The summed E-state index contributed by atoms with van der Waals surface area (Å²) in [6.07, 6.45) is 10.4. The fraction of sp³-hybridized carbons (Fsp3) is 0.310. The largest absolute Gasteiger partial charge is 0.353 e. The molecule has 1 aliphatic rings. The molecule has 0 radical (unpaired) electrons. The van der Waals surface area contributed by atoms with Gasteiger partial charge in [-0.15, -0.1) is 0 Å². The van der Waals surface area contributed by atoms with E-state index in [9.17, 15) is 9.36 Å². The van der Waals surface area contributed by atoms with Crippen LogP contribution in [0, 0.1) is 0 Å². The normalized spacial score (nSPS) is 15.2. The molecule has 3 aromatic rings. The molecule has 0 bridgehead atoms. The average Bonchev–Trinajstić information content (AvgIpc) is 2.94. The molecule has 1 fully saturated rings. The summed E-state index contributed by atoms with van der Waals surface area (Å²) in [5, 5.41) is 4.43. The van der Waals surface area contributed by atoms with Crippen LogP contribution in [0.5, 0.6) is 0 Å². The summed E-state index contributed by atoms with van der Waals surface area (Å²) in [6, 6.07) is 22.9. The standard InChI is InChI=1S/C29H34N3O3P/c33-29(16-15-25-10-9-19-30-24-25)31-20-7-8-21-32-22-17-26(18-23-32)35-36(34,27-11-3-1-4-12-27)28-13-5-2-6-14-28/h1-6,9-16,19,24,26H,7-8,17-18,20-23H2,(H,31,33). The van der Waals surface area contributed by atoms with Crippen molar-refractivity contribution in [2.45, 2.75) is 31.8 Å². The summed E-state index contributed by atoms with van der Waals surface area (Å²) in [5.74, 6) is -0.0851. The molecule has 2 aromatic carbocycles. The van der Waals surface area contributed by atoms with Gasteiger partial charge in [-0.2, -0.15) is 0 Å². The SMILES string of the molecule is O=C(C=Cc1cccnc1)NCCCCN1CCC(OP(=O)(c2ccccc2)c2ccccc2)CC1. The maximum atomic E-state index is 14.1. The zero-order valence-electron chi connectivity index (χ0n) is 20.5. The highest BCUT2D eigenvalue weighted by atomic mass is 31.2. The van der Waals surface area contributed by atoms with Crippen LogP contribution < -0.4 is 15.9 Å². The zero-order valence-corrected chi connectivity index (χ0v) is 21.4. The molecule has 1 aromatic heterocycles. The number of unbranched alkanes of at least 4 members (excludes halogenated alkanes) is 1. The number of aromatic nitrogens is 1. The number of benzene rings is 2. The van der Waals surface area contributed by atoms with Crippen LogP contribution in [0.15, 0.2) is 91.3 Å². The van der Waals surface area contributed by atoms with Crippen LogP contribution in [0.4, 0.5) is 0 Å². The van der Waals surface area contributed by atoms with Crippen molar-refractivity contribution in [1.29, 1.82) is 0 Å². The lowest BCUT2D eigenvalue weighted by atomic mass is 10.1. The summed E-state index contributed by atoms with van der Waals surface area (Å²) in [4.78, 5) is 18.4. The second-order valence-corrected chi connectivity index (χ2v) is 11.3. The number of nitrogens with zero attached hydrogens (tertiary/aromatic N) is 2. The van der Waals surface area contributed by atoms with Crippen molar-refractivity contribution in [3.8, 4) is 0 Å². The summed E-state index contributed by atoms with van der Waals surface area (Å²) < 4.78 is 20.5. The number of pyridine rings is 1. The van der Waals surface area contributed by atoms with Crippen molar-refractivity contribution < 1.29 is 13.9 Å². The van der Waals surface area contributed by atoms with E-state index in [1.807, 2.05) is 72.8 Å². The van der Waals surface area contributed by atoms with Crippen molar-refractivity contribution in [3.63, 3.8) is 0 Å². The van der Waals surface area contributed by atoms with Crippen LogP contribution in [0.1, 0.15) is 31.2 Å². The van der Waals surface area contributed by atoms with Gasteiger partial charge in [-0.25, -0.2) is 0 Å². The van der Waals surface area contributed by atoms with Crippen LogP contribution in [0.25, 0.3) is 6.08 Å². The van der Waals surface area contributed by atoms with Gasteiger partial charge >= 0.3 is 0 Å². The van der Waals surface area contributed by atoms with Gasteiger partial charge in [0.15, 0.2) is 0 Å². The predicted molar refractivity (Wildman–Crippen MR) is 146 cm³/mol. The lowest BCUT2D eigenvalue weighted by Gasteiger charge is -2.34. The van der Waals surface area contributed by atoms with Gasteiger partial charge in [-0.1, -0.05) is 42.5 Å². The summed E-state index contributed by atoms with van der Waals surface area (Å²) >= 11 is 0. The van der Waals surface area contributed by atoms with E-state index in [1.165, 1.54) is 0 Å². The Hall–Kier alpha value is -3.05. The summed E-state index contributed by atoms with van der Waals surface area (Å²) in [7, 11) is -3.15. The van der Waals surface area contributed by atoms with Crippen molar-refractivity contribution in [2.24, 2.45) is 0 Å². The number of likely N-dealkylation sites (tertiary alicyclic amines) is 1. The average molecular weight is 504 g/mol. The minimum Gasteiger partial charge on any atom is -0.353 e. The molecule has 1 N–H and O–H groups in total. The highest BCUT2D eigenvalue weighted by Gasteiger charge is 2.33. The Balaban J connectivity index is 1.18. The van der Waals surface area contributed by atoms with E-state index < -0.39 is 7.37 Å². The van der Waals surface area contributed by atoms with Gasteiger partial charge in [0.25, 0.3) is 7.37 Å². The molecule has 0 saturated carbocycles. The predicted octanol–water partition coefficient (Wildman–Crippen LogP) is 4.40. The molecule has 188 valence electrons. The topological polar surface area (TPSA) is 71.5 Å². The highest BCUT2D eigenvalue weighted by molar-refractivity contribution is 7.74. The van der Waals surface area contributed by atoms with Gasteiger partial charge in [0.2, 0.25) is 5.91 Å². The third kappa shape index (κ3) is 7.47. The van der Waals surface area contributed by atoms with Crippen LogP contribution in [-0.4, -0.2) is 48.1 Å². The monoisotopic (exact) mass is 503 g/mol. The maximum Gasteiger partial charge on any atom is 0.261 e. The van der Waals surface area contributed by atoms with Gasteiger partial charge in [-0.3, -0.25) is 14.3 Å². The third-order valence-corrected chi connectivity index (χ3v) is 8.89. The highest BCUT2D eigenvalue weighted by Crippen LogP contribution is 2.47. The number of nitrogens with one attached hydrogen (secondary N) is 1. The second-order valence-electron chi connectivity index (χ2n) is 8.99. The van der Waals surface area contributed by atoms with Gasteiger partial charge in [0, 0.05) is 48.7 Å². The van der Waals surface area contributed by atoms with Crippen LogP contribution >= 0.6 is 7.37 Å². The van der Waals surface area contributed by atoms with Crippen molar-refractivity contribution in [2.75, 3.05) is 26.2 Å². The number of carbonyl (C=O) groups is 1. The molecular weight excluding hydrogens is 469 g/mol. The fourth-order valence-corrected chi connectivity index (χ4v) is 6.65. The molecule has 36 heavy (non-hydrogen) atoms. The van der Waals surface area contributed by atoms with E-state index in [-0.39, 0.29) is 12.0 Å².